The number of halogens is 1. The molecule has 2 rings (SSSR count). The molecule has 0 spiro atoms. The number of benzene rings is 1. The van der Waals surface area contributed by atoms with Crippen LogP contribution in [0.3, 0.4) is 0 Å². The minimum absolute atomic E-state index is 0. The van der Waals surface area contributed by atoms with E-state index in [4.69, 9.17) is 10.2 Å². The molecule has 0 aliphatic heterocycles. The van der Waals surface area contributed by atoms with E-state index >= 15 is 0 Å². The lowest BCUT2D eigenvalue weighted by Gasteiger charge is -2.23. The molecule has 25 heavy (non-hydrogen) atoms. The Morgan fingerprint density at radius 2 is 2.16 bits per heavy atom. The van der Waals surface area contributed by atoms with Crippen LogP contribution in [0.1, 0.15) is 19.8 Å². The first-order valence-electron chi connectivity index (χ1n) is 7.58. The standard InChI is InChI=1S/C15H20N4O5.ClH/c1-10(9-16)17(2)14(20)4-3-7-18-12-6-5-11(19(22)23)8-13(12)24-15(18)21;/h5-6,8,10H,3-4,7,9,16H2,1-2H3;1H. The van der Waals surface area contributed by atoms with Crippen LogP contribution in [0.5, 0.6) is 0 Å². The molecular formula is C15H21ClN4O5. The lowest BCUT2D eigenvalue weighted by molar-refractivity contribution is -0.384. The van der Waals surface area contributed by atoms with E-state index in [1.165, 1.54) is 22.8 Å². The van der Waals surface area contributed by atoms with Crippen molar-refractivity contribution in [3.8, 4) is 0 Å². The van der Waals surface area contributed by atoms with Crippen LogP contribution in [0.25, 0.3) is 11.1 Å². The Balaban J connectivity index is 0.00000312. The highest BCUT2D eigenvalue weighted by atomic mass is 35.5. The summed E-state index contributed by atoms with van der Waals surface area (Å²) in [5, 5.41) is 10.8. The van der Waals surface area contributed by atoms with Crippen LogP contribution >= 0.6 is 12.4 Å². The minimum atomic E-state index is -0.596. The van der Waals surface area contributed by atoms with Gasteiger partial charge >= 0.3 is 5.76 Å². The Kier molecular flexibility index (Phi) is 7.13. The van der Waals surface area contributed by atoms with Crippen LogP contribution in [0.2, 0.25) is 0 Å². The lowest BCUT2D eigenvalue weighted by Crippen LogP contribution is -2.39. The van der Waals surface area contributed by atoms with Crippen molar-refractivity contribution < 1.29 is 14.1 Å². The molecule has 10 heteroatoms. The first kappa shape index (κ1) is 20.7. The number of non-ortho nitro benzene ring substituents is 1. The third-order valence-electron chi connectivity index (χ3n) is 4.03. The fraction of sp³-hybridized carbons (Fsp3) is 0.467. The first-order chi connectivity index (χ1) is 11.3. The number of hydrogen-bond acceptors (Lipinski definition) is 6. The molecule has 0 aliphatic carbocycles. The second-order valence-corrected chi connectivity index (χ2v) is 5.62. The van der Waals surface area contributed by atoms with Gasteiger partial charge in [-0.15, -0.1) is 12.4 Å². The van der Waals surface area contributed by atoms with E-state index in [-0.39, 0.29) is 42.0 Å². The van der Waals surface area contributed by atoms with Crippen LogP contribution in [0, 0.1) is 10.1 Å². The van der Waals surface area contributed by atoms with Crippen LogP contribution < -0.4 is 11.5 Å². The highest BCUT2D eigenvalue weighted by Crippen LogP contribution is 2.20. The number of aromatic nitrogens is 1. The molecule has 138 valence electrons. The van der Waals surface area contributed by atoms with Crippen molar-refractivity contribution in [2.45, 2.75) is 32.4 Å². The van der Waals surface area contributed by atoms with E-state index in [0.29, 0.717) is 25.0 Å². The maximum atomic E-state index is 12.0. The number of amides is 1. The summed E-state index contributed by atoms with van der Waals surface area (Å²) in [5.41, 5.74) is 6.03. The largest absolute Gasteiger partial charge is 0.419 e. The molecule has 0 saturated heterocycles. The molecule has 0 bridgehead atoms. The number of likely N-dealkylation sites (N-methyl/N-ethyl adjacent to an activating group) is 1. The average molecular weight is 373 g/mol. The van der Waals surface area contributed by atoms with E-state index in [2.05, 4.69) is 0 Å². The quantitative estimate of drug-likeness (QED) is 0.580. The maximum absolute atomic E-state index is 12.0. The number of oxazole rings is 1. The third-order valence-corrected chi connectivity index (χ3v) is 4.03. The molecule has 0 fully saturated rings. The van der Waals surface area contributed by atoms with Gasteiger partial charge in [0.1, 0.15) is 0 Å². The highest BCUT2D eigenvalue weighted by Gasteiger charge is 2.16. The summed E-state index contributed by atoms with van der Waals surface area (Å²) in [6.07, 6.45) is 0.721. The molecule has 0 aliphatic rings. The molecule has 1 unspecified atom stereocenters. The molecule has 1 aromatic heterocycles. The van der Waals surface area contributed by atoms with Gasteiger partial charge in [-0.05, 0) is 19.4 Å². The van der Waals surface area contributed by atoms with Gasteiger partial charge in [0.15, 0.2) is 5.58 Å². The molecule has 1 amide bonds. The topological polar surface area (TPSA) is 125 Å². The Bertz CT molecular complexity index is 816. The summed E-state index contributed by atoms with van der Waals surface area (Å²) in [4.78, 5) is 35.7. The SMILES string of the molecule is CC(CN)N(C)C(=O)CCCn1c(=O)oc2cc([N+](=O)[O-])ccc21.Cl. The molecule has 0 saturated carbocycles. The van der Waals surface area contributed by atoms with E-state index in [1.54, 1.807) is 11.9 Å². The molecule has 2 aromatic rings. The summed E-state index contributed by atoms with van der Waals surface area (Å²) in [6, 6.07) is 3.96. The fourth-order valence-electron chi connectivity index (χ4n) is 2.35. The Labute approximate surface area is 149 Å². The Morgan fingerprint density at radius 1 is 1.48 bits per heavy atom. The molecular weight excluding hydrogens is 352 g/mol. The zero-order valence-electron chi connectivity index (χ0n) is 14.0. The van der Waals surface area contributed by atoms with Crippen LogP contribution in [0.4, 0.5) is 5.69 Å². The monoisotopic (exact) mass is 372 g/mol. The van der Waals surface area contributed by atoms with Gasteiger partial charge in [0.05, 0.1) is 16.5 Å². The smallest absolute Gasteiger partial charge is 0.407 e. The highest BCUT2D eigenvalue weighted by molar-refractivity contribution is 5.85. The number of rotatable bonds is 7. The summed E-state index contributed by atoms with van der Waals surface area (Å²) in [7, 11) is 1.69. The summed E-state index contributed by atoms with van der Waals surface area (Å²) in [6.45, 7) is 2.53. The van der Waals surface area contributed by atoms with E-state index in [1.807, 2.05) is 6.92 Å². The molecule has 9 nitrogen and oxygen atoms in total. The van der Waals surface area contributed by atoms with Gasteiger partial charge in [0.25, 0.3) is 5.69 Å². The molecule has 1 heterocycles. The second kappa shape index (κ2) is 8.63. The zero-order valence-corrected chi connectivity index (χ0v) is 14.8. The number of nitro benzene ring substituents is 1. The number of nitrogens with two attached hydrogens (primary N) is 1. The zero-order chi connectivity index (χ0) is 17.9. The number of nitrogens with zero attached hydrogens (tertiary/aromatic N) is 3. The van der Waals surface area contributed by atoms with Crippen molar-refractivity contribution >= 4 is 35.1 Å². The first-order valence-corrected chi connectivity index (χ1v) is 7.58. The van der Waals surface area contributed by atoms with E-state index in [0.717, 1.165) is 0 Å². The maximum Gasteiger partial charge on any atom is 0.419 e. The van der Waals surface area contributed by atoms with Crippen molar-refractivity contribution in [3.05, 3.63) is 38.9 Å². The van der Waals surface area contributed by atoms with Gasteiger partial charge in [-0.1, -0.05) is 0 Å². The van der Waals surface area contributed by atoms with E-state index < -0.39 is 10.7 Å². The predicted octanol–water partition coefficient (Wildman–Crippen LogP) is 1.51. The number of hydrogen-bond donors (Lipinski definition) is 1. The van der Waals surface area contributed by atoms with Gasteiger partial charge in [-0.2, -0.15) is 0 Å². The van der Waals surface area contributed by atoms with Crippen LogP contribution in [-0.4, -0.2) is 39.9 Å². The lowest BCUT2D eigenvalue weighted by atomic mass is 10.2. The number of fused-ring (bicyclic) bond motifs is 1. The van der Waals surface area contributed by atoms with Crippen LogP contribution in [0.15, 0.2) is 27.4 Å². The Hall–Kier alpha value is -2.39. The summed E-state index contributed by atoms with van der Waals surface area (Å²) in [5.74, 6) is -0.647. The fourth-order valence-corrected chi connectivity index (χ4v) is 2.35. The van der Waals surface area contributed by atoms with Crippen molar-refractivity contribution in [3.63, 3.8) is 0 Å². The third kappa shape index (κ3) is 4.58. The number of aryl methyl sites for hydroxylation is 1. The van der Waals surface area contributed by atoms with Crippen molar-refractivity contribution in [2.75, 3.05) is 13.6 Å². The molecule has 0 radical (unpaired) electrons. The van der Waals surface area contributed by atoms with Gasteiger partial charge in [-0.25, -0.2) is 4.79 Å². The van der Waals surface area contributed by atoms with Crippen LogP contribution in [-0.2, 0) is 11.3 Å². The molecule has 1 aromatic carbocycles. The molecule has 2 N–H and O–H groups in total. The normalized spacial score (nSPS) is 11.8. The average Bonchev–Trinajstić information content (AvgIpc) is 2.87. The Morgan fingerprint density at radius 3 is 2.76 bits per heavy atom. The molecule has 1 atom stereocenters. The number of nitro groups is 1. The van der Waals surface area contributed by atoms with Gasteiger partial charge in [-0.3, -0.25) is 19.5 Å². The predicted molar refractivity (Wildman–Crippen MR) is 94.9 cm³/mol. The van der Waals surface area contributed by atoms with Crippen molar-refractivity contribution in [1.29, 1.82) is 0 Å². The second-order valence-electron chi connectivity index (χ2n) is 5.62. The van der Waals surface area contributed by atoms with Gasteiger partial charge in [0.2, 0.25) is 5.91 Å². The van der Waals surface area contributed by atoms with Crippen molar-refractivity contribution in [2.24, 2.45) is 5.73 Å². The summed E-state index contributed by atoms with van der Waals surface area (Å²) >= 11 is 0. The number of carbonyl (C=O) groups is 1. The van der Waals surface area contributed by atoms with Gasteiger partial charge < -0.3 is 15.1 Å². The van der Waals surface area contributed by atoms with E-state index in [9.17, 15) is 19.7 Å². The minimum Gasteiger partial charge on any atom is -0.407 e. The van der Waals surface area contributed by atoms with Crippen molar-refractivity contribution in [1.82, 2.24) is 9.47 Å². The summed E-state index contributed by atoms with van der Waals surface area (Å²) < 4.78 is 6.42. The number of carbonyl (C=O) groups excluding carboxylic acids is 1. The van der Waals surface area contributed by atoms with Gasteiger partial charge in [0, 0.05) is 38.7 Å².